The molecule has 7 heteroatoms. The fourth-order valence-corrected chi connectivity index (χ4v) is 2.16. The van der Waals surface area contributed by atoms with E-state index in [2.05, 4.69) is 15.7 Å². The van der Waals surface area contributed by atoms with Crippen molar-refractivity contribution in [1.29, 1.82) is 0 Å². The van der Waals surface area contributed by atoms with E-state index >= 15 is 0 Å². The van der Waals surface area contributed by atoms with Crippen LogP contribution in [0, 0.1) is 12.8 Å². The molecule has 2 amide bonds. The molecule has 0 radical (unpaired) electrons. The van der Waals surface area contributed by atoms with Crippen molar-refractivity contribution in [2.75, 3.05) is 17.7 Å². The van der Waals surface area contributed by atoms with Gasteiger partial charge < -0.3 is 15.4 Å². The number of nitrogens with zero attached hydrogens (tertiary/aromatic N) is 2. The van der Waals surface area contributed by atoms with Gasteiger partial charge in [-0.25, -0.2) is 0 Å². The van der Waals surface area contributed by atoms with Crippen LogP contribution in [0.15, 0.2) is 30.5 Å². The summed E-state index contributed by atoms with van der Waals surface area (Å²) >= 11 is 0. The predicted molar refractivity (Wildman–Crippen MR) is 96.7 cm³/mol. The van der Waals surface area contributed by atoms with Crippen LogP contribution in [0.2, 0.25) is 0 Å². The Morgan fingerprint density at radius 1 is 1.20 bits per heavy atom. The van der Waals surface area contributed by atoms with Gasteiger partial charge in [0.25, 0.3) is 0 Å². The van der Waals surface area contributed by atoms with Crippen LogP contribution < -0.4 is 15.4 Å². The second-order valence-electron chi connectivity index (χ2n) is 6.07. The maximum Gasteiger partial charge on any atom is 0.226 e. The first-order chi connectivity index (χ1) is 11.9. The zero-order valence-electron chi connectivity index (χ0n) is 15.0. The Labute approximate surface area is 147 Å². The minimum Gasteiger partial charge on any atom is -0.497 e. The second kappa shape index (κ2) is 8.32. The summed E-state index contributed by atoms with van der Waals surface area (Å²) in [5.41, 5.74) is 1.96. The zero-order chi connectivity index (χ0) is 18.4. The Hall–Kier alpha value is -2.83. The number of hydrogen-bond acceptors (Lipinski definition) is 4. The molecule has 0 spiro atoms. The summed E-state index contributed by atoms with van der Waals surface area (Å²) in [5.74, 6) is 0.156. The number of carbonyl (C=O) groups excluding carboxylic acids is 2. The van der Waals surface area contributed by atoms with E-state index in [0.29, 0.717) is 23.7 Å². The van der Waals surface area contributed by atoms with Crippen molar-refractivity contribution in [2.45, 2.75) is 33.7 Å². The third kappa shape index (κ3) is 5.34. The normalized spacial score (nSPS) is 10.6. The molecule has 0 fully saturated rings. The van der Waals surface area contributed by atoms with Crippen LogP contribution >= 0.6 is 0 Å². The van der Waals surface area contributed by atoms with Crippen LogP contribution in [0.4, 0.5) is 11.4 Å². The average Bonchev–Trinajstić information content (AvgIpc) is 2.99. The number of hydrogen-bond donors (Lipinski definition) is 2. The molecule has 0 saturated carbocycles. The third-order valence-electron chi connectivity index (χ3n) is 3.63. The van der Waals surface area contributed by atoms with E-state index in [1.54, 1.807) is 30.0 Å². The Morgan fingerprint density at radius 2 is 1.96 bits per heavy atom. The van der Waals surface area contributed by atoms with Crippen molar-refractivity contribution >= 4 is 23.2 Å². The fourth-order valence-electron chi connectivity index (χ4n) is 2.16. The van der Waals surface area contributed by atoms with E-state index < -0.39 is 0 Å². The molecular formula is C18H24N4O3. The van der Waals surface area contributed by atoms with E-state index in [-0.39, 0.29) is 24.2 Å². The fraction of sp³-hybridized carbons (Fsp3) is 0.389. The first kappa shape index (κ1) is 18.5. The van der Waals surface area contributed by atoms with E-state index in [1.165, 1.54) is 0 Å². The van der Waals surface area contributed by atoms with Gasteiger partial charge in [-0.05, 0) is 25.1 Å². The van der Waals surface area contributed by atoms with Crippen molar-refractivity contribution in [2.24, 2.45) is 5.92 Å². The number of ether oxygens (including phenoxy) is 1. The molecule has 1 aromatic carbocycles. The molecule has 0 aliphatic rings. The molecule has 2 N–H and O–H groups in total. The molecular weight excluding hydrogens is 320 g/mol. The average molecular weight is 344 g/mol. The van der Waals surface area contributed by atoms with Crippen LogP contribution in [0.3, 0.4) is 0 Å². The second-order valence-corrected chi connectivity index (χ2v) is 6.07. The lowest BCUT2D eigenvalue weighted by Gasteiger charge is -2.15. The molecule has 0 bridgehead atoms. The van der Waals surface area contributed by atoms with Gasteiger partial charge in [-0.1, -0.05) is 13.8 Å². The molecule has 0 atom stereocenters. The molecule has 134 valence electrons. The minimum absolute atomic E-state index is 0.118. The number of nitrogens with one attached hydrogen (secondary N) is 2. The molecule has 1 heterocycles. The molecule has 0 saturated heterocycles. The monoisotopic (exact) mass is 344 g/mol. The van der Waals surface area contributed by atoms with E-state index in [0.717, 1.165) is 5.69 Å². The first-order valence-electron chi connectivity index (χ1n) is 8.18. The number of methoxy groups -OCH3 is 1. The number of benzene rings is 1. The van der Waals surface area contributed by atoms with Crippen molar-refractivity contribution in [3.05, 3.63) is 36.2 Å². The third-order valence-corrected chi connectivity index (χ3v) is 3.63. The molecule has 0 aliphatic carbocycles. The van der Waals surface area contributed by atoms with Crippen LogP contribution in [-0.4, -0.2) is 28.7 Å². The van der Waals surface area contributed by atoms with E-state index in [4.69, 9.17) is 4.74 Å². The molecule has 7 nitrogen and oxygen atoms in total. The predicted octanol–water partition coefficient (Wildman–Crippen LogP) is 2.82. The number of aromatic nitrogens is 2. The summed E-state index contributed by atoms with van der Waals surface area (Å²) in [4.78, 5) is 24.2. The van der Waals surface area contributed by atoms with Crippen LogP contribution in [0.25, 0.3) is 0 Å². The number of rotatable bonds is 7. The number of amides is 2. The highest BCUT2D eigenvalue weighted by molar-refractivity contribution is 6.00. The van der Waals surface area contributed by atoms with Crippen molar-refractivity contribution in [1.82, 2.24) is 9.78 Å². The smallest absolute Gasteiger partial charge is 0.226 e. The molecule has 2 aromatic rings. The van der Waals surface area contributed by atoms with Gasteiger partial charge in [-0.3, -0.25) is 14.3 Å². The largest absolute Gasteiger partial charge is 0.497 e. The molecule has 0 aliphatic heterocycles. The van der Waals surface area contributed by atoms with Gasteiger partial charge in [0.15, 0.2) is 0 Å². The minimum atomic E-state index is -0.165. The van der Waals surface area contributed by atoms with E-state index in [1.807, 2.05) is 33.0 Å². The summed E-state index contributed by atoms with van der Waals surface area (Å²) in [6.45, 7) is 6.00. The summed E-state index contributed by atoms with van der Waals surface area (Å²) in [5, 5.41) is 9.90. The lowest BCUT2D eigenvalue weighted by molar-refractivity contribution is -0.119. The molecule has 0 unspecified atom stereocenters. The Kier molecular flexibility index (Phi) is 6.16. The van der Waals surface area contributed by atoms with Crippen molar-refractivity contribution < 1.29 is 14.3 Å². The van der Waals surface area contributed by atoms with Crippen molar-refractivity contribution in [3.63, 3.8) is 0 Å². The highest BCUT2D eigenvalue weighted by Gasteiger charge is 2.13. The number of anilines is 2. The Morgan fingerprint density at radius 3 is 2.56 bits per heavy atom. The molecule has 2 rings (SSSR count). The van der Waals surface area contributed by atoms with Gasteiger partial charge in [0.2, 0.25) is 11.8 Å². The van der Waals surface area contributed by atoms with Crippen LogP contribution in [-0.2, 0) is 16.1 Å². The number of carbonyl (C=O) groups is 2. The SMILES string of the molecule is COc1ccc(NC(=O)C(C)C)c(NC(=O)CCn2ccc(C)n2)c1. The topological polar surface area (TPSA) is 85.3 Å². The summed E-state index contributed by atoms with van der Waals surface area (Å²) in [7, 11) is 1.55. The maximum absolute atomic E-state index is 12.3. The van der Waals surface area contributed by atoms with Crippen LogP contribution in [0.1, 0.15) is 26.0 Å². The zero-order valence-corrected chi connectivity index (χ0v) is 15.0. The molecule has 1 aromatic heterocycles. The van der Waals surface area contributed by atoms with Gasteiger partial charge in [0.05, 0.1) is 24.2 Å². The van der Waals surface area contributed by atoms with Gasteiger partial charge >= 0.3 is 0 Å². The van der Waals surface area contributed by atoms with Crippen molar-refractivity contribution in [3.8, 4) is 5.75 Å². The summed E-state index contributed by atoms with van der Waals surface area (Å²) < 4.78 is 6.92. The maximum atomic E-state index is 12.3. The van der Waals surface area contributed by atoms with Crippen LogP contribution in [0.5, 0.6) is 5.75 Å². The van der Waals surface area contributed by atoms with Gasteiger partial charge in [-0.2, -0.15) is 5.10 Å². The first-order valence-corrected chi connectivity index (χ1v) is 8.18. The highest BCUT2D eigenvalue weighted by Crippen LogP contribution is 2.27. The van der Waals surface area contributed by atoms with Gasteiger partial charge in [0.1, 0.15) is 5.75 Å². The van der Waals surface area contributed by atoms with E-state index in [9.17, 15) is 9.59 Å². The molecule has 25 heavy (non-hydrogen) atoms. The summed E-state index contributed by atoms with van der Waals surface area (Å²) in [6, 6.07) is 7.02. The Bertz CT molecular complexity index is 753. The standard InChI is InChI=1S/C18H24N4O3/c1-12(2)18(24)20-15-6-5-14(25-4)11-16(15)19-17(23)8-10-22-9-7-13(3)21-22/h5-7,9,11-12H,8,10H2,1-4H3,(H,19,23)(H,20,24). The quantitative estimate of drug-likeness (QED) is 0.809. The number of aryl methyl sites for hydroxylation is 2. The van der Waals surface area contributed by atoms with Gasteiger partial charge in [0, 0.05) is 31.1 Å². The van der Waals surface area contributed by atoms with Gasteiger partial charge in [-0.15, -0.1) is 0 Å². The highest BCUT2D eigenvalue weighted by atomic mass is 16.5. The lowest BCUT2D eigenvalue weighted by Crippen LogP contribution is -2.20. The lowest BCUT2D eigenvalue weighted by atomic mass is 10.2. The summed E-state index contributed by atoms with van der Waals surface area (Å²) in [6.07, 6.45) is 2.11. The Balaban J connectivity index is 2.07.